The second-order valence-electron chi connectivity index (χ2n) is 5.79. The Morgan fingerprint density at radius 3 is 2.79 bits per heavy atom. The van der Waals surface area contributed by atoms with Crippen LogP contribution in [0.3, 0.4) is 0 Å². The number of fused-ring (bicyclic) bond motifs is 2. The second-order valence-corrected chi connectivity index (χ2v) is 6.22. The van der Waals surface area contributed by atoms with Crippen LogP contribution in [0.2, 0.25) is 5.02 Å². The molecule has 0 bridgehead atoms. The summed E-state index contributed by atoms with van der Waals surface area (Å²) in [4.78, 5) is 4.63. The van der Waals surface area contributed by atoms with Crippen LogP contribution in [0.1, 0.15) is 25.5 Å². The van der Waals surface area contributed by atoms with Gasteiger partial charge in [-0.3, -0.25) is 4.40 Å². The third kappa shape index (κ3) is 2.59. The average molecular weight is 343 g/mol. The second kappa shape index (κ2) is 5.79. The Balaban J connectivity index is 1.78. The van der Waals surface area contributed by atoms with Gasteiger partial charge in [-0.15, -0.1) is 10.2 Å². The maximum Gasteiger partial charge on any atom is 0.231 e. The Bertz CT molecular complexity index is 949. The number of halogens is 1. The van der Waals surface area contributed by atoms with Crippen molar-refractivity contribution in [3.63, 3.8) is 0 Å². The van der Waals surface area contributed by atoms with Crippen LogP contribution in [0.4, 0.5) is 11.5 Å². The van der Waals surface area contributed by atoms with Gasteiger partial charge in [0.1, 0.15) is 5.65 Å². The van der Waals surface area contributed by atoms with Crippen molar-refractivity contribution in [2.24, 2.45) is 10.2 Å². The van der Waals surface area contributed by atoms with Gasteiger partial charge in [-0.2, -0.15) is 0 Å². The minimum Gasteiger partial charge on any atom is -0.454 e. The molecule has 4 rings (SSSR count). The summed E-state index contributed by atoms with van der Waals surface area (Å²) in [5.41, 5.74) is 2.36. The molecule has 0 aliphatic carbocycles. The smallest absolute Gasteiger partial charge is 0.231 e. The molecule has 0 radical (unpaired) electrons. The molecule has 0 saturated carbocycles. The van der Waals surface area contributed by atoms with Gasteiger partial charge < -0.3 is 9.47 Å². The topological polar surface area (TPSA) is 60.5 Å². The van der Waals surface area contributed by atoms with Crippen molar-refractivity contribution in [2.45, 2.75) is 19.8 Å². The van der Waals surface area contributed by atoms with Gasteiger partial charge in [0.25, 0.3) is 0 Å². The fourth-order valence-electron chi connectivity index (χ4n) is 2.56. The predicted molar refractivity (Wildman–Crippen MR) is 91.0 cm³/mol. The van der Waals surface area contributed by atoms with Crippen LogP contribution in [0.15, 0.2) is 46.8 Å². The lowest BCUT2D eigenvalue weighted by molar-refractivity contribution is 0.174. The molecule has 2 aromatic heterocycles. The van der Waals surface area contributed by atoms with E-state index in [0.717, 1.165) is 17.1 Å². The van der Waals surface area contributed by atoms with Gasteiger partial charge in [-0.25, -0.2) is 4.98 Å². The zero-order chi connectivity index (χ0) is 16.7. The van der Waals surface area contributed by atoms with Crippen molar-refractivity contribution in [3.8, 4) is 11.5 Å². The molecule has 0 spiro atoms. The quantitative estimate of drug-likeness (QED) is 0.610. The molecule has 1 aliphatic rings. The number of hydrogen-bond donors (Lipinski definition) is 0. The van der Waals surface area contributed by atoms with E-state index in [4.69, 9.17) is 21.1 Å². The summed E-state index contributed by atoms with van der Waals surface area (Å²) in [6.07, 6.45) is 1.80. The van der Waals surface area contributed by atoms with E-state index >= 15 is 0 Å². The maximum atomic E-state index is 6.11. The van der Waals surface area contributed by atoms with Crippen molar-refractivity contribution in [2.75, 3.05) is 6.79 Å². The molecule has 0 unspecified atom stereocenters. The van der Waals surface area contributed by atoms with Gasteiger partial charge in [0.2, 0.25) is 6.79 Å². The van der Waals surface area contributed by atoms with Crippen LogP contribution in [-0.4, -0.2) is 16.2 Å². The number of hydrogen-bond acceptors (Lipinski definition) is 5. The molecule has 1 aliphatic heterocycles. The van der Waals surface area contributed by atoms with Gasteiger partial charge in [0, 0.05) is 12.3 Å². The summed E-state index contributed by atoms with van der Waals surface area (Å²) < 4.78 is 12.5. The fourth-order valence-corrected chi connectivity index (χ4v) is 2.72. The fraction of sp³-hybridized carbons (Fsp3) is 0.235. The standard InChI is InChI=1S/C17H15ClN4O2/c1-10(2)16-17(22-8-11(18)3-6-15(22)19-16)21-20-12-4-5-13-14(7-12)24-9-23-13/h3-8,10H,9H2,1-2H3. The first-order valence-electron chi connectivity index (χ1n) is 7.61. The van der Waals surface area contributed by atoms with Gasteiger partial charge in [-0.05, 0) is 30.2 Å². The summed E-state index contributed by atoms with van der Waals surface area (Å²) in [5, 5.41) is 9.38. The zero-order valence-electron chi connectivity index (χ0n) is 13.2. The lowest BCUT2D eigenvalue weighted by Crippen LogP contribution is -1.92. The first-order chi connectivity index (χ1) is 11.6. The van der Waals surface area contributed by atoms with Crippen molar-refractivity contribution in [1.82, 2.24) is 9.38 Å². The molecule has 6 nitrogen and oxygen atoms in total. The predicted octanol–water partition coefficient (Wildman–Crippen LogP) is 5.26. The van der Waals surface area contributed by atoms with Crippen LogP contribution in [0.25, 0.3) is 5.65 Å². The monoisotopic (exact) mass is 342 g/mol. The number of ether oxygens (including phenoxy) is 2. The van der Waals surface area contributed by atoms with Gasteiger partial charge >= 0.3 is 0 Å². The van der Waals surface area contributed by atoms with Gasteiger partial charge in [0.05, 0.1) is 16.4 Å². The highest BCUT2D eigenvalue weighted by atomic mass is 35.5. The highest BCUT2D eigenvalue weighted by Gasteiger charge is 2.16. The van der Waals surface area contributed by atoms with Crippen LogP contribution < -0.4 is 9.47 Å². The highest BCUT2D eigenvalue weighted by molar-refractivity contribution is 6.30. The summed E-state index contributed by atoms with van der Waals surface area (Å²) in [6, 6.07) is 9.14. The molecule has 0 N–H and O–H groups in total. The molecule has 0 saturated heterocycles. The third-order valence-electron chi connectivity index (χ3n) is 3.75. The lowest BCUT2D eigenvalue weighted by Gasteiger charge is -2.02. The Kier molecular flexibility index (Phi) is 3.61. The molecule has 24 heavy (non-hydrogen) atoms. The van der Waals surface area contributed by atoms with E-state index in [1.807, 2.05) is 28.7 Å². The molecule has 3 aromatic rings. The first kappa shape index (κ1) is 15.0. The van der Waals surface area contributed by atoms with Crippen molar-refractivity contribution < 1.29 is 9.47 Å². The number of pyridine rings is 1. The molecule has 0 amide bonds. The zero-order valence-corrected chi connectivity index (χ0v) is 14.0. The molecule has 7 heteroatoms. The Hall–Kier alpha value is -2.60. The minimum atomic E-state index is 0.217. The van der Waals surface area contributed by atoms with E-state index in [1.54, 1.807) is 12.3 Å². The van der Waals surface area contributed by atoms with Crippen LogP contribution in [0.5, 0.6) is 11.5 Å². The maximum absolute atomic E-state index is 6.11. The number of nitrogens with zero attached hydrogens (tertiary/aromatic N) is 4. The van der Waals surface area contributed by atoms with Crippen LogP contribution in [-0.2, 0) is 0 Å². The van der Waals surface area contributed by atoms with E-state index in [-0.39, 0.29) is 12.7 Å². The average Bonchev–Trinajstić information content (AvgIpc) is 3.16. The van der Waals surface area contributed by atoms with E-state index in [2.05, 4.69) is 29.1 Å². The normalized spacial score (nSPS) is 13.5. The summed E-state index contributed by atoms with van der Waals surface area (Å²) in [6.45, 7) is 4.38. The minimum absolute atomic E-state index is 0.217. The molecular formula is C17H15ClN4O2. The number of azo groups is 1. The van der Waals surface area contributed by atoms with Crippen molar-refractivity contribution >= 4 is 28.8 Å². The Labute approximate surface area is 143 Å². The Morgan fingerprint density at radius 1 is 1.12 bits per heavy atom. The summed E-state index contributed by atoms with van der Waals surface area (Å²) >= 11 is 6.11. The third-order valence-corrected chi connectivity index (χ3v) is 3.97. The SMILES string of the molecule is CC(C)c1nc2ccc(Cl)cn2c1N=Nc1ccc2c(c1)OCO2. The summed E-state index contributed by atoms with van der Waals surface area (Å²) in [5.74, 6) is 2.30. The molecule has 0 atom stereocenters. The van der Waals surface area contributed by atoms with Gasteiger partial charge in [0.15, 0.2) is 17.3 Å². The van der Waals surface area contributed by atoms with E-state index in [1.165, 1.54) is 0 Å². The molecule has 122 valence electrons. The number of imidazole rings is 1. The van der Waals surface area contributed by atoms with Crippen LogP contribution >= 0.6 is 11.6 Å². The molecule has 3 heterocycles. The molecule has 1 aromatic carbocycles. The van der Waals surface area contributed by atoms with E-state index in [9.17, 15) is 0 Å². The van der Waals surface area contributed by atoms with Gasteiger partial charge in [-0.1, -0.05) is 25.4 Å². The molecular weight excluding hydrogens is 328 g/mol. The number of aromatic nitrogens is 2. The highest BCUT2D eigenvalue weighted by Crippen LogP contribution is 2.36. The lowest BCUT2D eigenvalue weighted by atomic mass is 10.1. The largest absolute Gasteiger partial charge is 0.454 e. The van der Waals surface area contributed by atoms with E-state index < -0.39 is 0 Å². The first-order valence-corrected chi connectivity index (χ1v) is 7.98. The Morgan fingerprint density at radius 2 is 1.96 bits per heavy atom. The van der Waals surface area contributed by atoms with E-state index in [0.29, 0.717) is 22.3 Å². The van der Waals surface area contributed by atoms with Crippen molar-refractivity contribution in [3.05, 3.63) is 47.2 Å². The summed E-state index contributed by atoms with van der Waals surface area (Å²) in [7, 11) is 0. The molecule has 0 fully saturated rings. The van der Waals surface area contributed by atoms with Crippen molar-refractivity contribution in [1.29, 1.82) is 0 Å². The number of rotatable bonds is 3. The van der Waals surface area contributed by atoms with Crippen LogP contribution in [0, 0.1) is 0 Å². The number of benzene rings is 1.